The molecule has 2 nitrogen and oxygen atoms in total. The standard InChI is InChI=1S/C7H6N2.Na/c1-2-4-7-6(3-1)5-8-9-7;/h1-5H,(H,8,9);. The van der Waals surface area contributed by atoms with Crippen LogP contribution in [0.3, 0.4) is 0 Å². The maximum atomic E-state index is 3.88. The average Bonchev–Trinajstić information content (AvgIpc) is 2.33. The molecule has 0 amide bonds. The molecule has 0 bridgehead atoms. The van der Waals surface area contributed by atoms with Gasteiger partial charge >= 0.3 is 0 Å². The van der Waals surface area contributed by atoms with Crippen LogP contribution < -0.4 is 0 Å². The van der Waals surface area contributed by atoms with Gasteiger partial charge in [0.15, 0.2) is 0 Å². The van der Waals surface area contributed by atoms with Crippen LogP contribution in [0.15, 0.2) is 30.5 Å². The zero-order valence-electron chi connectivity index (χ0n) is 5.83. The van der Waals surface area contributed by atoms with Crippen LogP contribution in [-0.2, 0) is 0 Å². The van der Waals surface area contributed by atoms with Crippen molar-refractivity contribution >= 4 is 40.5 Å². The van der Waals surface area contributed by atoms with Crippen LogP contribution in [0.2, 0.25) is 0 Å². The predicted molar refractivity (Wildman–Crippen MR) is 41.8 cm³/mol. The zero-order valence-corrected chi connectivity index (χ0v) is 7.83. The first kappa shape index (κ1) is 7.79. The molecule has 0 saturated carbocycles. The van der Waals surface area contributed by atoms with Crippen molar-refractivity contribution in [3.05, 3.63) is 30.5 Å². The molecular weight excluding hydrogens is 135 g/mol. The first-order chi connectivity index (χ1) is 4.47. The summed E-state index contributed by atoms with van der Waals surface area (Å²) in [6.07, 6.45) is 1.81. The van der Waals surface area contributed by atoms with Gasteiger partial charge in [0.05, 0.1) is 11.7 Å². The normalized spacial score (nSPS) is 9.20. The van der Waals surface area contributed by atoms with E-state index in [-0.39, 0.29) is 29.6 Å². The molecule has 0 saturated heterocycles. The minimum absolute atomic E-state index is 0. The molecule has 0 spiro atoms. The molecular formula is C7H6N2Na. The van der Waals surface area contributed by atoms with E-state index < -0.39 is 0 Å². The van der Waals surface area contributed by atoms with Crippen molar-refractivity contribution in [2.75, 3.05) is 0 Å². The Labute approximate surface area is 80.9 Å². The Balaban J connectivity index is 0.000000500. The number of H-pyrrole nitrogens is 1. The van der Waals surface area contributed by atoms with Crippen LogP contribution in [0.25, 0.3) is 10.9 Å². The number of para-hydroxylation sites is 1. The third kappa shape index (κ3) is 1.24. The number of benzene rings is 1. The number of fused-ring (bicyclic) bond motifs is 1. The Morgan fingerprint density at radius 3 is 2.80 bits per heavy atom. The van der Waals surface area contributed by atoms with E-state index in [1.165, 1.54) is 0 Å². The largest absolute Gasteiger partial charge is 0.278 e. The van der Waals surface area contributed by atoms with Crippen molar-refractivity contribution in [2.45, 2.75) is 0 Å². The number of nitrogens with one attached hydrogen (secondary N) is 1. The molecule has 0 atom stereocenters. The maximum absolute atomic E-state index is 3.88. The van der Waals surface area contributed by atoms with Gasteiger partial charge in [0.25, 0.3) is 0 Å². The van der Waals surface area contributed by atoms with Gasteiger partial charge in [-0.2, -0.15) is 5.10 Å². The molecule has 1 aromatic carbocycles. The third-order valence-corrected chi connectivity index (χ3v) is 1.35. The monoisotopic (exact) mass is 141 g/mol. The van der Waals surface area contributed by atoms with E-state index in [9.17, 15) is 0 Å². The average molecular weight is 141 g/mol. The van der Waals surface area contributed by atoms with E-state index in [1.54, 1.807) is 0 Å². The Kier molecular flexibility index (Phi) is 2.49. The van der Waals surface area contributed by atoms with E-state index in [1.807, 2.05) is 30.5 Å². The Hall–Kier alpha value is -0.310. The molecule has 0 aliphatic rings. The summed E-state index contributed by atoms with van der Waals surface area (Å²) in [5, 5.41) is 7.91. The van der Waals surface area contributed by atoms with E-state index in [0.29, 0.717) is 0 Å². The quantitative estimate of drug-likeness (QED) is 0.548. The van der Waals surface area contributed by atoms with Crippen LogP contribution in [0.1, 0.15) is 0 Å². The van der Waals surface area contributed by atoms with Crippen LogP contribution >= 0.6 is 0 Å². The molecule has 1 N–H and O–H groups in total. The van der Waals surface area contributed by atoms with E-state index in [4.69, 9.17) is 0 Å². The summed E-state index contributed by atoms with van der Waals surface area (Å²) < 4.78 is 0. The van der Waals surface area contributed by atoms with Gasteiger partial charge in [0, 0.05) is 34.9 Å². The number of rotatable bonds is 0. The van der Waals surface area contributed by atoms with E-state index in [2.05, 4.69) is 10.2 Å². The summed E-state index contributed by atoms with van der Waals surface area (Å²) in [6, 6.07) is 8.01. The van der Waals surface area contributed by atoms with Crippen molar-refractivity contribution in [2.24, 2.45) is 0 Å². The van der Waals surface area contributed by atoms with Crippen LogP contribution in [-0.4, -0.2) is 39.8 Å². The van der Waals surface area contributed by atoms with Gasteiger partial charge in [-0.15, -0.1) is 0 Å². The second-order valence-corrected chi connectivity index (χ2v) is 1.96. The van der Waals surface area contributed by atoms with Crippen molar-refractivity contribution in [1.82, 2.24) is 10.2 Å². The second kappa shape index (κ2) is 3.19. The first-order valence-corrected chi connectivity index (χ1v) is 2.85. The molecule has 1 heterocycles. The third-order valence-electron chi connectivity index (χ3n) is 1.35. The Morgan fingerprint density at radius 1 is 1.20 bits per heavy atom. The SMILES string of the molecule is [Na].c1ccc2[nH]ncc2c1. The summed E-state index contributed by atoms with van der Waals surface area (Å²) in [6.45, 7) is 0. The van der Waals surface area contributed by atoms with Gasteiger partial charge in [-0.25, -0.2) is 0 Å². The number of hydrogen-bond acceptors (Lipinski definition) is 1. The minimum Gasteiger partial charge on any atom is -0.278 e. The summed E-state index contributed by atoms with van der Waals surface area (Å²) in [5.74, 6) is 0. The first-order valence-electron chi connectivity index (χ1n) is 2.85. The fourth-order valence-electron chi connectivity index (χ4n) is 0.883. The molecule has 45 valence electrons. The van der Waals surface area contributed by atoms with Gasteiger partial charge in [0.1, 0.15) is 0 Å². The molecule has 0 fully saturated rings. The number of hydrogen-bond donors (Lipinski definition) is 1. The topological polar surface area (TPSA) is 28.7 Å². The van der Waals surface area contributed by atoms with Crippen molar-refractivity contribution in [1.29, 1.82) is 0 Å². The summed E-state index contributed by atoms with van der Waals surface area (Å²) in [4.78, 5) is 0. The molecule has 0 unspecified atom stereocenters. The fourth-order valence-corrected chi connectivity index (χ4v) is 0.883. The van der Waals surface area contributed by atoms with Gasteiger partial charge in [0.2, 0.25) is 0 Å². The number of nitrogens with zero attached hydrogens (tertiary/aromatic N) is 1. The van der Waals surface area contributed by atoms with Gasteiger partial charge < -0.3 is 0 Å². The molecule has 2 rings (SSSR count). The smallest absolute Gasteiger partial charge is 0.0650 e. The van der Waals surface area contributed by atoms with Crippen LogP contribution in [0.4, 0.5) is 0 Å². The van der Waals surface area contributed by atoms with Gasteiger partial charge in [-0.05, 0) is 6.07 Å². The predicted octanol–water partition coefficient (Wildman–Crippen LogP) is 1.18. The Morgan fingerprint density at radius 2 is 2.00 bits per heavy atom. The Bertz CT molecular complexity index is 286. The second-order valence-electron chi connectivity index (χ2n) is 1.96. The molecule has 1 aromatic heterocycles. The van der Waals surface area contributed by atoms with Crippen molar-refractivity contribution in [3.63, 3.8) is 0 Å². The minimum atomic E-state index is 0. The molecule has 0 aliphatic heterocycles. The van der Waals surface area contributed by atoms with Crippen molar-refractivity contribution < 1.29 is 0 Å². The van der Waals surface area contributed by atoms with E-state index >= 15 is 0 Å². The maximum Gasteiger partial charge on any atom is 0.0650 e. The van der Waals surface area contributed by atoms with Crippen LogP contribution in [0, 0.1) is 0 Å². The molecule has 1 radical (unpaired) electrons. The number of aromatic nitrogens is 2. The molecule has 10 heavy (non-hydrogen) atoms. The van der Waals surface area contributed by atoms with Crippen LogP contribution in [0.5, 0.6) is 0 Å². The summed E-state index contributed by atoms with van der Waals surface area (Å²) >= 11 is 0. The fraction of sp³-hybridized carbons (Fsp3) is 0. The summed E-state index contributed by atoms with van der Waals surface area (Å²) in [5.41, 5.74) is 1.09. The molecule has 0 aliphatic carbocycles. The van der Waals surface area contributed by atoms with Crippen molar-refractivity contribution in [3.8, 4) is 0 Å². The van der Waals surface area contributed by atoms with Gasteiger partial charge in [-0.3, -0.25) is 5.10 Å². The molecule has 3 heteroatoms. The van der Waals surface area contributed by atoms with Gasteiger partial charge in [-0.1, -0.05) is 18.2 Å². The number of aromatic amines is 1. The molecule has 2 aromatic rings. The zero-order chi connectivity index (χ0) is 6.10. The van der Waals surface area contributed by atoms with E-state index in [0.717, 1.165) is 10.9 Å². The summed E-state index contributed by atoms with van der Waals surface area (Å²) in [7, 11) is 0.